The van der Waals surface area contributed by atoms with Crippen LogP contribution in [0.1, 0.15) is 6.42 Å². The van der Waals surface area contributed by atoms with E-state index >= 15 is 0 Å². The summed E-state index contributed by atoms with van der Waals surface area (Å²) in [4.78, 5) is 33.3. The third-order valence-electron chi connectivity index (χ3n) is 4.20. The van der Waals surface area contributed by atoms with Gasteiger partial charge in [0.25, 0.3) is 5.56 Å². The van der Waals surface area contributed by atoms with Crippen molar-refractivity contribution < 1.29 is 4.79 Å². The number of amides is 1. The molecule has 8 nitrogen and oxygen atoms in total. The van der Waals surface area contributed by atoms with Crippen molar-refractivity contribution in [3.05, 3.63) is 57.5 Å². The van der Waals surface area contributed by atoms with Gasteiger partial charge in [-0.05, 0) is 6.07 Å². The Balaban J connectivity index is 1.42. The van der Waals surface area contributed by atoms with E-state index in [0.29, 0.717) is 26.9 Å². The molecule has 0 unspecified atom stereocenters. The summed E-state index contributed by atoms with van der Waals surface area (Å²) >= 11 is 7.50. The zero-order valence-electron chi connectivity index (χ0n) is 14.8. The zero-order valence-corrected chi connectivity index (χ0v) is 16.4. The first-order chi connectivity index (χ1) is 13.5. The fourth-order valence-electron chi connectivity index (χ4n) is 2.75. The minimum Gasteiger partial charge on any atom is -0.302 e. The van der Waals surface area contributed by atoms with Crippen molar-refractivity contribution >= 4 is 45.0 Å². The maximum Gasteiger partial charge on any atom is 0.264 e. The van der Waals surface area contributed by atoms with Crippen molar-refractivity contribution in [1.82, 2.24) is 24.3 Å². The van der Waals surface area contributed by atoms with E-state index in [0.717, 1.165) is 5.56 Å². The van der Waals surface area contributed by atoms with Gasteiger partial charge in [-0.3, -0.25) is 18.8 Å². The Hall–Kier alpha value is -3.04. The summed E-state index contributed by atoms with van der Waals surface area (Å²) in [6.45, 7) is 0.214. The number of aryl methyl sites for hydroxylation is 2. The number of thiazole rings is 1. The highest BCUT2D eigenvalue weighted by Crippen LogP contribution is 2.30. The van der Waals surface area contributed by atoms with Gasteiger partial charge in [-0.1, -0.05) is 29.8 Å². The third kappa shape index (κ3) is 3.54. The average molecular weight is 415 g/mol. The molecule has 10 heteroatoms. The molecule has 1 amide bonds. The summed E-state index contributed by atoms with van der Waals surface area (Å²) in [6.07, 6.45) is 3.03. The fraction of sp³-hybridized carbons (Fsp3) is 0.167. The lowest BCUT2D eigenvalue weighted by atomic mass is 10.2. The van der Waals surface area contributed by atoms with Crippen LogP contribution in [0.2, 0.25) is 5.02 Å². The van der Waals surface area contributed by atoms with E-state index in [1.165, 1.54) is 33.1 Å². The van der Waals surface area contributed by atoms with E-state index < -0.39 is 0 Å². The van der Waals surface area contributed by atoms with Crippen LogP contribution in [0.5, 0.6) is 0 Å². The number of nitrogens with one attached hydrogen (secondary N) is 1. The Morgan fingerprint density at radius 3 is 2.96 bits per heavy atom. The van der Waals surface area contributed by atoms with Gasteiger partial charge in [-0.15, -0.1) is 11.3 Å². The Bertz CT molecular complexity index is 1230. The van der Waals surface area contributed by atoms with E-state index in [9.17, 15) is 9.59 Å². The van der Waals surface area contributed by atoms with Crippen molar-refractivity contribution in [2.45, 2.75) is 13.0 Å². The number of rotatable bonds is 5. The third-order valence-corrected chi connectivity index (χ3v) is 5.29. The van der Waals surface area contributed by atoms with Gasteiger partial charge in [-0.2, -0.15) is 5.10 Å². The molecule has 0 saturated heterocycles. The fourth-order valence-corrected chi connectivity index (χ4v) is 3.71. The van der Waals surface area contributed by atoms with Crippen molar-refractivity contribution in [2.75, 3.05) is 5.32 Å². The molecule has 0 aliphatic rings. The number of hydrogen-bond acceptors (Lipinski definition) is 6. The highest BCUT2D eigenvalue weighted by atomic mass is 35.5. The predicted octanol–water partition coefficient (Wildman–Crippen LogP) is 2.94. The monoisotopic (exact) mass is 414 g/mol. The van der Waals surface area contributed by atoms with Crippen molar-refractivity contribution in [1.29, 1.82) is 0 Å². The largest absolute Gasteiger partial charge is 0.302 e. The first-order valence-electron chi connectivity index (χ1n) is 8.40. The quantitative estimate of drug-likeness (QED) is 0.541. The molecule has 0 spiro atoms. The van der Waals surface area contributed by atoms with Gasteiger partial charge < -0.3 is 5.32 Å². The first kappa shape index (κ1) is 18.3. The summed E-state index contributed by atoms with van der Waals surface area (Å²) in [7, 11) is 1.72. The number of halogens is 1. The summed E-state index contributed by atoms with van der Waals surface area (Å²) < 4.78 is 2.94. The number of carbonyl (C=O) groups excluding carboxylic acids is 1. The molecular formula is C18H15ClN6O2S. The van der Waals surface area contributed by atoms with E-state index in [2.05, 4.69) is 20.4 Å². The average Bonchev–Trinajstić information content (AvgIpc) is 3.29. The molecule has 1 N–H and O–H groups in total. The molecule has 0 atom stereocenters. The maximum atomic E-state index is 12.4. The summed E-state index contributed by atoms with van der Waals surface area (Å²) in [6, 6.07) is 7.39. The van der Waals surface area contributed by atoms with Crippen LogP contribution in [0.3, 0.4) is 0 Å². The molecule has 0 aliphatic carbocycles. The van der Waals surface area contributed by atoms with Gasteiger partial charge >= 0.3 is 0 Å². The van der Waals surface area contributed by atoms with Gasteiger partial charge in [0, 0.05) is 36.0 Å². The Morgan fingerprint density at radius 2 is 2.14 bits per heavy atom. The molecule has 0 fully saturated rings. The number of fused-ring (bicyclic) bond motifs is 1. The molecule has 28 heavy (non-hydrogen) atoms. The van der Waals surface area contributed by atoms with E-state index in [-0.39, 0.29) is 24.4 Å². The maximum absolute atomic E-state index is 12.4. The van der Waals surface area contributed by atoms with Crippen LogP contribution >= 0.6 is 22.9 Å². The molecule has 1 aromatic carbocycles. The number of hydrogen-bond donors (Lipinski definition) is 1. The number of carbonyl (C=O) groups is 1. The Kier molecular flexibility index (Phi) is 4.93. The van der Waals surface area contributed by atoms with E-state index in [1.807, 2.05) is 23.6 Å². The van der Waals surface area contributed by atoms with Crippen LogP contribution in [0.25, 0.3) is 22.3 Å². The number of benzene rings is 1. The summed E-state index contributed by atoms with van der Waals surface area (Å²) in [5.41, 5.74) is 1.80. The van der Waals surface area contributed by atoms with Crippen molar-refractivity contribution in [3.8, 4) is 11.3 Å². The van der Waals surface area contributed by atoms with Crippen LogP contribution in [0.15, 0.2) is 47.0 Å². The van der Waals surface area contributed by atoms with Crippen LogP contribution in [-0.2, 0) is 18.4 Å². The van der Waals surface area contributed by atoms with Gasteiger partial charge in [-0.25, -0.2) is 9.97 Å². The SMILES string of the molecule is Cn1ncc2c(=O)n(CCC(=O)Nc3nc(-c4ccccc4Cl)cs3)cnc21. The molecule has 0 radical (unpaired) electrons. The van der Waals surface area contributed by atoms with Gasteiger partial charge in [0.1, 0.15) is 5.39 Å². The Labute approximate surface area is 168 Å². The van der Waals surface area contributed by atoms with Crippen molar-refractivity contribution in [3.63, 3.8) is 0 Å². The number of anilines is 1. The minimum absolute atomic E-state index is 0.119. The second-order valence-corrected chi connectivity index (χ2v) is 7.33. The van der Waals surface area contributed by atoms with Gasteiger partial charge in [0.05, 0.1) is 18.2 Å². The van der Waals surface area contributed by atoms with Crippen LogP contribution in [0, 0.1) is 0 Å². The van der Waals surface area contributed by atoms with Crippen molar-refractivity contribution in [2.24, 2.45) is 7.05 Å². The molecule has 0 saturated carbocycles. The molecule has 0 bridgehead atoms. The van der Waals surface area contributed by atoms with E-state index in [1.54, 1.807) is 13.1 Å². The molecule has 142 valence electrons. The number of aromatic nitrogens is 5. The minimum atomic E-state index is -0.238. The van der Waals surface area contributed by atoms with Crippen LogP contribution in [-0.4, -0.2) is 30.2 Å². The Morgan fingerprint density at radius 1 is 1.32 bits per heavy atom. The molecule has 3 aromatic heterocycles. The standard InChI is InChI=1S/C18H15ClN6O2S/c1-24-16-12(8-21-24)17(27)25(10-20-16)7-6-15(26)23-18-22-14(9-28-18)11-4-2-3-5-13(11)19/h2-5,8-10H,6-7H2,1H3,(H,22,23,26). The highest BCUT2D eigenvalue weighted by Gasteiger charge is 2.12. The lowest BCUT2D eigenvalue weighted by Crippen LogP contribution is -2.23. The molecule has 0 aliphatic heterocycles. The summed E-state index contributed by atoms with van der Waals surface area (Å²) in [5, 5.41) is 10.1. The highest BCUT2D eigenvalue weighted by molar-refractivity contribution is 7.14. The van der Waals surface area contributed by atoms with Crippen LogP contribution < -0.4 is 10.9 Å². The zero-order chi connectivity index (χ0) is 19.7. The second kappa shape index (κ2) is 7.53. The lowest BCUT2D eigenvalue weighted by molar-refractivity contribution is -0.116. The smallest absolute Gasteiger partial charge is 0.264 e. The lowest BCUT2D eigenvalue weighted by Gasteiger charge is -2.05. The summed E-state index contributed by atoms with van der Waals surface area (Å²) in [5.74, 6) is -0.238. The molecule has 4 rings (SSSR count). The number of nitrogens with zero attached hydrogens (tertiary/aromatic N) is 5. The molecule has 4 aromatic rings. The topological polar surface area (TPSA) is 94.7 Å². The van der Waals surface area contributed by atoms with Gasteiger partial charge in [0.15, 0.2) is 10.8 Å². The van der Waals surface area contributed by atoms with Gasteiger partial charge in [0.2, 0.25) is 5.91 Å². The molecular weight excluding hydrogens is 400 g/mol. The van der Waals surface area contributed by atoms with E-state index in [4.69, 9.17) is 11.6 Å². The second-order valence-electron chi connectivity index (χ2n) is 6.06. The predicted molar refractivity (Wildman–Crippen MR) is 109 cm³/mol. The van der Waals surface area contributed by atoms with Crippen LogP contribution in [0.4, 0.5) is 5.13 Å². The first-order valence-corrected chi connectivity index (χ1v) is 9.66. The molecule has 3 heterocycles. The normalized spacial score (nSPS) is 11.1.